The summed E-state index contributed by atoms with van der Waals surface area (Å²) in [6.07, 6.45) is 5.42. The third-order valence-corrected chi connectivity index (χ3v) is 2.58. The summed E-state index contributed by atoms with van der Waals surface area (Å²) < 4.78 is 5.53. The molecule has 1 atom stereocenters. The number of hydrazine groups is 1. The molecule has 0 saturated carbocycles. The maximum atomic E-state index is 5.53. The van der Waals surface area contributed by atoms with E-state index in [4.69, 9.17) is 10.6 Å². The van der Waals surface area contributed by atoms with Crippen LogP contribution >= 0.6 is 0 Å². The molecule has 1 aliphatic rings. The smallest absolute Gasteiger partial charge is 0.239 e. The van der Waals surface area contributed by atoms with Crippen LogP contribution in [0.5, 0.6) is 0 Å². The summed E-state index contributed by atoms with van der Waals surface area (Å²) in [4.78, 5) is 8.09. The first-order valence-electron chi connectivity index (χ1n) is 5.53. The van der Waals surface area contributed by atoms with Gasteiger partial charge >= 0.3 is 0 Å². The second kappa shape index (κ2) is 5.62. The summed E-state index contributed by atoms with van der Waals surface area (Å²) in [5, 5.41) is 3.22. The number of ether oxygens (including phenoxy) is 1. The van der Waals surface area contributed by atoms with Crippen molar-refractivity contribution in [3.05, 3.63) is 12.3 Å². The van der Waals surface area contributed by atoms with Gasteiger partial charge in [-0.15, -0.1) is 0 Å². The average Bonchev–Trinajstić information content (AvgIpc) is 2.82. The van der Waals surface area contributed by atoms with E-state index in [2.05, 4.69) is 20.7 Å². The second-order valence-corrected chi connectivity index (χ2v) is 3.76. The normalized spacial score (nSPS) is 19.7. The van der Waals surface area contributed by atoms with Crippen LogP contribution in [0.2, 0.25) is 0 Å². The van der Waals surface area contributed by atoms with Crippen molar-refractivity contribution in [3.8, 4) is 0 Å². The molecule has 1 fully saturated rings. The number of hydrogen-bond donors (Lipinski definition) is 3. The van der Waals surface area contributed by atoms with Gasteiger partial charge in [0, 0.05) is 19.3 Å². The Balaban J connectivity index is 1.75. The minimum Gasteiger partial charge on any atom is -0.378 e. The topological polar surface area (TPSA) is 85.1 Å². The zero-order valence-electron chi connectivity index (χ0n) is 9.15. The Morgan fingerprint density at radius 3 is 3.25 bits per heavy atom. The van der Waals surface area contributed by atoms with Gasteiger partial charge in [0.25, 0.3) is 0 Å². The highest BCUT2D eigenvalue weighted by Gasteiger charge is 2.14. The van der Waals surface area contributed by atoms with Crippen molar-refractivity contribution in [2.75, 3.05) is 23.9 Å². The van der Waals surface area contributed by atoms with Gasteiger partial charge < -0.3 is 10.1 Å². The molecule has 6 nitrogen and oxygen atoms in total. The van der Waals surface area contributed by atoms with Crippen molar-refractivity contribution in [2.24, 2.45) is 5.84 Å². The second-order valence-electron chi connectivity index (χ2n) is 3.76. The van der Waals surface area contributed by atoms with E-state index in [0.29, 0.717) is 12.1 Å². The molecule has 1 unspecified atom stereocenters. The highest BCUT2D eigenvalue weighted by Crippen LogP contribution is 2.15. The monoisotopic (exact) mass is 223 g/mol. The first-order chi connectivity index (χ1) is 7.88. The van der Waals surface area contributed by atoms with Gasteiger partial charge in [0.1, 0.15) is 5.82 Å². The molecule has 0 bridgehead atoms. The highest BCUT2D eigenvalue weighted by molar-refractivity contribution is 5.38. The first kappa shape index (κ1) is 11.1. The maximum Gasteiger partial charge on any atom is 0.239 e. The largest absolute Gasteiger partial charge is 0.378 e. The fraction of sp³-hybridized carbons (Fsp3) is 0.600. The van der Waals surface area contributed by atoms with Crippen LogP contribution in [0.15, 0.2) is 12.3 Å². The molecule has 1 aromatic rings. The molecule has 0 amide bonds. The highest BCUT2D eigenvalue weighted by atomic mass is 16.5. The molecule has 4 N–H and O–H groups in total. The van der Waals surface area contributed by atoms with Gasteiger partial charge in [-0.2, -0.15) is 4.98 Å². The number of rotatable bonds is 5. The Bertz CT molecular complexity index is 327. The third-order valence-electron chi connectivity index (χ3n) is 2.58. The minimum absolute atomic E-state index is 0.404. The lowest BCUT2D eigenvalue weighted by Gasteiger charge is -2.10. The van der Waals surface area contributed by atoms with E-state index < -0.39 is 0 Å². The number of nitrogens with zero attached hydrogens (tertiary/aromatic N) is 2. The number of nitrogens with two attached hydrogens (primary N) is 1. The summed E-state index contributed by atoms with van der Waals surface area (Å²) in [6.45, 7) is 1.76. The predicted molar refractivity (Wildman–Crippen MR) is 61.9 cm³/mol. The third kappa shape index (κ3) is 3.04. The van der Waals surface area contributed by atoms with Crippen LogP contribution in [0.4, 0.5) is 11.8 Å². The van der Waals surface area contributed by atoms with E-state index in [9.17, 15) is 0 Å². The lowest BCUT2D eigenvalue weighted by atomic mass is 10.2. The van der Waals surface area contributed by atoms with Gasteiger partial charge in [0.05, 0.1) is 6.10 Å². The molecule has 0 spiro atoms. The summed E-state index contributed by atoms with van der Waals surface area (Å²) in [6, 6.07) is 1.82. The molecular formula is C10H17N5O. The molecule has 0 radical (unpaired) electrons. The Hall–Kier alpha value is -1.40. The van der Waals surface area contributed by atoms with Crippen molar-refractivity contribution >= 4 is 11.8 Å². The quantitative estimate of drug-likeness (QED) is 0.504. The van der Waals surface area contributed by atoms with Gasteiger partial charge in [0.2, 0.25) is 5.95 Å². The van der Waals surface area contributed by atoms with Gasteiger partial charge in [0.15, 0.2) is 0 Å². The van der Waals surface area contributed by atoms with E-state index in [0.717, 1.165) is 25.4 Å². The van der Waals surface area contributed by atoms with Crippen LogP contribution < -0.4 is 16.6 Å². The zero-order valence-corrected chi connectivity index (χ0v) is 9.15. The number of hydrogen-bond acceptors (Lipinski definition) is 6. The number of aromatic nitrogens is 2. The SMILES string of the molecule is NNc1nccc(NCCC2CCCO2)n1. The van der Waals surface area contributed by atoms with Gasteiger partial charge in [-0.3, -0.25) is 5.43 Å². The summed E-state index contributed by atoms with van der Waals surface area (Å²) in [5.74, 6) is 6.42. The first-order valence-corrected chi connectivity index (χ1v) is 5.53. The summed E-state index contributed by atoms with van der Waals surface area (Å²) >= 11 is 0. The lowest BCUT2D eigenvalue weighted by Crippen LogP contribution is -2.14. The molecule has 1 saturated heterocycles. The fourth-order valence-corrected chi connectivity index (χ4v) is 1.76. The van der Waals surface area contributed by atoms with E-state index in [-0.39, 0.29) is 0 Å². The molecule has 0 aliphatic carbocycles. The van der Waals surface area contributed by atoms with Crippen molar-refractivity contribution in [1.29, 1.82) is 0 Å². The molecule has 88 valence electrons. The van der Waals surface area contributed by atoms with Crippen molar-refractivity contribution in [3.63, 3.8) is 0 Å². The van der Waals surface area contributed by atoms with Crippen LogP contribution in [0, 0.1) is 0 Å². The minimum atomic E-state index is 0.404. The van der Waals surface area contributed by atoms with Crippen molar-refractivity contribution in [2.45, 2.75) is 25.4 Å². The van der Waals surface area contributed by atoms with Crippen molar-refractivity contribution < 1.29 is 4.74 Å². The van der Waals surface area contributed by atoms with E-state index in [1.807, 2.05) is 6.07 Å². The Morgan fingerprint density at radius 1 is 1.56 bits per heavy atom. The van der Waals surface area contributed by atoms with Crippen LogP contribution in [0.3, 0.4) is 0 Å². The standard InChI is InChI=1S/C10H17N5O/c11-15-10-13-6-4-9(14-10)12-5-3-8-2-1-7-16-8/h4,6,8H,1-3,5,7,11H2,(H2,12,13,14,15). The predicted octanol–water partition coefficient (Wildman–Crippen LogP) is 0.743. The Kier molecular flexibility index (Phi) is 3.90. The number of anilines is 2. The Labute approximate surface area is 94.6 Å². The Morgan fingerprint density at radius 2 is 2.50 bits per heavy atom. The molecule has 1 aliphatic heterocycles. The molecular weight excluding hydrogens is 206 g/mol. The van der Waals surface area contributed by atoms with Crippen molar-refractivity contribution in [1.82, 2.24) is 9.97 Å². The van der Waals surface area contributed by atoms with E-state index >= 15 is 0 Å². The fourth-order valence-electron chi connectivity index (χ4n) is 1.76. The molecule has 6 heteroatoms. The number of nitrogen functional groups attached to an aromatic ring is 1. The molecule has 2 rings (SSSR count). The molecule has 0 aromatic carbocycles. The van der Waals surface area contributed by atoms with Gasteiger partial charge in [-0.25, -0.2) is 10.8 Å². The summed E-state index contributed by atoms with van der Waals surface area (Å²) in [5.41, 5.74) is 2.41. The molecule has 16 heavy (non-hydrogen) atoms. The van der Waals surface area contributed by atoms with E-state index in [1.165, 1.54) is 12.8 Å². The van der Waals surface area contributed by atoms with Crippen LogP contribution in [-0.4, -0.2) is 29.2 Å². The lowest BCUT2D eigenvalue weighted by molar-refractivity contribution is 0.107. The molecule has 2 heterocycles. The van der Waals surface area contributed by atoms with Gasteiger partial charge in [-0.1, -0.05) is 0 Å². The zero-order chi connectivity index (χ0) is 11.2. The maximum absolute atomic E-state index is 5.53. The van der Waals surface area contributed by atoms with Gasteiger partial charge in [-0.05, 0) is 25.3 Å². The number of nitrogens with one attached hydrogen (secondary N) is 2. The van der Waals surface area contributed by atoms with Crippen LogP contribution in [0.1, 0.15) is 19.3 Å². The molecule has 1 aromatic heterocycles. The average molecular weight is 223 g/mol. The van der Waals surface area contributed by atoms with E-state index in [1.54, 1.807) is 6.20 Å². The summed E-state index contributed by atoms with van der Waals surface area (Å²) in [7, 11) is 0. The van der Waals surface area contributed by atoms with Crippen LogP contribution in [-0.2, 0) is 4.74 Å². The van der Waals surface area contributed by atoms with Crippen LogP contribution in [0.25, 0.3) is 0 Å².